The zero-order valence-electron chi connectivity index (χ0n) is 14.4. The van der Waals surface area contributed by atoms with Gasteiger partial charge in [-0.25, -0.2) is 0 Å². The van der Waals surface area contributed by atoms with Gasteiger partial charge in [-0.2, -0.15) is 22.3 Å². The predicted molar refractivity (Wildman–Crippen MR) is 91.3 cm³/mol. The topological polar surface area (TPSA) is 93.5 Å². The molecule has 4 saturated carbocycles. The van der Waals surface area contributed by atoms with Crippen molar-refractivity contribution in [3.63, 3.8) is 0 Å². The molecule has 1 saturated heterocycles. The maximum atomic E-state index is 12.6. The molecule has 4 bridgehead atoms. The lowest BCUT2D eigenvalue weighted by Gasteiger charge is -2.54. The number of hydrogen-bond donors (Lipinski definition) is 1. The van der Waals surface area contributed by atoms with Crippen molar-refractivity contribution in [3.8, 4) is 6.07 Å². The van der Waals surface area contributed by atoms with Gasteiger partial charge in [-0.05, 0) is 62.2 Å². The molecule has 0 aromatic rings. The minimum atomic E-state index is -3.70. The molecule has 0 spiro atoms. The highest BCUT2D eigenvalue weighted by molar-refractivity contribution is 7.86. The summed E-state index contributed by atoms with van der Waals surface area (Å²) in [6, 6.07) is 2.11. The normalized spacial score (nSPS) is 39.9. The number of carbonyl (C=O) groups excluding carboxylic acids is 1. The largest absolute Gasteiger partial charge is 0.352 e. The summed E-state index contributed by atoms with van der Waals surface area (Å²) in [4.78, 5) is 12.6. The van der Waals surface area contributed by atoms with Crippen LogP contribution in [-0.4, -0.2) is 55.2 Å². The van der Waals surface area contributed by atoms with E-state index < -0.39 is 10.2 Å². The molecular weight excluding hydrogens is 340 g/mol. The molecule has 5 fully saturated rings. The fraction of sp³-hybridized carbons (Fsp3) is 0.882. The molecule has 0 radical (unpaired) electrons. The molecule has 5 rings (SSSR count). The van der Waals surface area contributed by atoms with Crippen molar-refractivity contribution >= 4 is 16.1 Å². The van der Waals surface area contributed by atoms with Gasteiger partial charge in [0.15, 0.2) is 0 Å². The van der Waals surface area contributed by atoms with E-state index in [0.29, 0.717) is 31.3 Å². The molecule has 5 aliphatic rings. The maximum absolute atomic E-state index is 12.6. The Morgan fingerprint density at radius 2 is 1.64 bits per heavy atom. The van der Waals surface area contributed by atoms with E-state index in [9.17, 15) is 13.2 Å². The van der Waals surface area contributed by atoms with Crippen LogP contribution in [0.4, 0.5) is 0 Å². The number of nitriles is 1. The van der Waals surface area contributed by atoms with Crippen molar-refractivity contribution in [3.05, 3.63) is 0 Å². The van der Waals surface area contributed by atoms with Gasteiger partial charge in [0, 0.05) is 19.1 Å². The number of rotatable bonds is 4. The van der Waals surface area contributed by atoms with Gasteiger partial charge in [0.25, 0.3) is 10.2 Å². The van der Waals surface area contributed by atoms with E-state index in [1.165, 1.54) is 36.4 Å². The van der Waals surface area contributed by atoms with Crippen LogP contribution in [0.2, 0.25) is 0 Å². The Labute approximate surface area is 149 Å². The van der Waals surface area contributed by atoms with E-state index in [2.05, 4.69) is 5.32 Å². The zero-order chi connectivity index (χ0) is 17.6. The Morgan fingerprint density at radius 3 is 2.24 bits per heavy atom. The molecule has 0 aromatic heterocycles. The van der Waals surface area contributed by atoms with Gasteiger partial charge in [0.1, 0.15) is 6.54 Å². The summed E-state index contributed by atoms with van der Waals surface area (Å²) in [6.07, 6.45) is 6.89. The first-order valence-corrected chi connectivity index (χ1v) is 10.8. The fourth-order valence-electron chi connectivity index (χ4n) is 5.77. The second-order valence-electron chi connectivity index (χ2n) is 8.21. The molecular formula is C17H26N4O3S. The van der Waals surface area contributed by atoms with Crippen LogP contribution in [0.1, 0.15) is 38.5 Å². The van der Waals surface area contributed by atoms with Crippen molar-refractivity contribution in [1.82, 2.24) is 13.9 Å². The molecule has 7 nitrogen and oxygen atoms in total. The summed E-state index contributed by atoms with van der Waals surface area (Å²) in [5.41, 5.74) is 0. The van der Waals surface area contributed by atoms with E-state index in [4.69, 9.17) is 5.26 Å². The first kappa shape index (κ1) is 17.3. The Morgan fingerprint density at radius 1 is 1.04 bits per heavy atom. The van der Waals surface area contributed by atoms with Gasteiger partial charge in [-0.3, -0.25) is 4.79 Å². The van der Waals surface area contributed by atoms with Gasteiger partial charge in [-0.15, -0.1) is 0 Å². The molecule has 0 aromatic carbocycles. The van der Waals surface area contributed by atoms with Crippen LogP contribution in [0.5, 0.6) is 0 Å². The number of amides is 1. The lowest BCUT2D eigenvalue weighted by atomic mass is 9.54. The third-order valence-electron chi connectivity index (χ3n) is 6.59. The van der Waals surface area contributed by atoms with Crippen molar-refractivity contribution in [2.45, 2.75) is 44.6 Å². The number of nitrogens with zero attached hydrogens (tertiary/aromatic N) is 3. The van der Waals surface area contributed by atoms with Gasteiger partial charge in [0.2, 0.25) is 5.91 Å². The van der Waals surface area contributed by atoms with E-state index in [1.807, 2.05) is 6.07 Å². The Kier molecular flexibility index (Phi) is 4.50. The van der Waals surface area contributed by atoms with Crippen LogP contribution >= 0.6 is 0 Å². The van der Waals surface area contributed by atoms with Crippen molar-refractivity contribution in [1.29, 1.82) is 5.26 Å². The first-order chi connectivity index (χ1) is 12.0. The fourth-order valence-corrected chi connectivity index (χ4v) is 7.32. The second kappa shape index (κ2) is 6.53. The van der Waals surface area contributed by atoms with Crippen LogP contribution in [0.15, 0.2) is 0 Å². The van der Waals surface area contributed by atoms with Gasteiger partial charge in [0.05, 0.1) is 12.6 Å². The summed E-state index contributed by atoms with van der Waals surface area (Å²) in [5.74, 6) is 2.65. The third-order valence-corrected chi connectivity index (χ3v) is 8.52. The molecule has 25 heavy (non-hydrogen) atoms. The Balaban J connectivity index is 1.38. The highest BCUT2D eigenvalue weighted by Gasteiger charge is 2.48. The molecule has 1 aliphatic heterocycles. The Hall–Kier alpha value is -1.17. The molecule has 1 heterocycles. The SMILES string of the molecule is N#CCN1CCCN(CC(=O)NC2C3CC4CC(C3)CC2C4)S1(=O)=O. The van der Waals surface area contributed by atoms with Crippen LogP contribution in [0.3, 0.4) is 0 Å². The highest BCUT2D eigenvalue weighted by atomic mass is 32.2. The highest BCUT2D eigenvalue weighted by Crippen LogP contribution is 2.53. The second-order valence-corrected chi connectivity index (χ2v) is 10.1. The molecule has 8 heteroatoms. The van der Waals surface area contributed by atoms with Crippen molar-refractivity contribution < 1.29 is 13.2 Å². The van der Waals surface area contributed by atoms with Crippen LogP contribution in [0.25, 0.3) is 0 Å². The van der Waals surface area contributed by atoms with E-state index in [1.54, 1.807) is 0 Å². The minimum absolute atomic E-state index is 0.132. The summed E-state index contributed by atoms with van der Waals surface area (Å²) in [6.45, 7) is 0.409. The van der Waals surface area contributed by atoms with Crippen LogP contribution < -0.4 is 5.32 Å². The summed E-state index contributed by atoms with van der Waals surface area (Å²) in [7, 11) is -3.70. The van der Waals surface area contributed by atoms with Crippen LogP contribution in [0, 0.1) is 35.0 Å². The molecule has 4 aliphatic carbocycles. The molecule has 1 amide bonds. The smallest absolute Gasteiger partial charge is 0.283 e. The monoisotopic (exact) mass is 366 g/mol. The number of hydrogen-bond acceptors (Lipinski definition) is 4. The van der Waals surface area contributed by atoms with Crippen molar-refractivity contribution in [2.24, 2.45) is 23.7 Å². The average molecular weight is 366 g/mol. The molecule has 1 N–H and O–H groups in total. The zero-order valence-corrected chi connectivity index (χ0v) is 15.2. The predicted octanol–water partition coefficient (Wildman–Crippen LogP) is 0.703. The molecule has 0 atom stereocenters. The van der Waals surface area contributed by atoms with Gasteiger partial charge >= 0.3 is 0 Å². The summed E-state index contributed by atoms with van der Waals surface area (Å²) in [5, 5.41) is 12.0. The summed E-state index contributed by atoms with van der Waals surface area (Å²) >= 11 is 0. The van der Waals surface area contributed by atoms with Gasteiger partial charge in [-0.1, -0.05) is 0 Å². The lowest BCUT2D eigenvalue weighted by Crippen LogP contribution is -2.58. The Bertz CT molecular complexity index is 658. The summed E-state index contributed by atoms with van der Waals surface area (Å²) < 4.78 is 27.4. The van der Waals surface area contributed by atoms with Crippen LogP contribution in [-0.2, 0) is 15.0 Å². The quantitative estimate of drug-likeness (QED) is 0.741. The molecule has 0 unspecified atom stereocenters. The lowest BCUT2D eigenvalue weighted by molar-refractivity contribution is -0.125. The number of nitrogens with one attached hydrogen (secondary N) is 1. The number of carbonyl (C=O) groups is 1. The van der Waals surface area contributed by atoms with Gasteiger partial charge < -0.3 is 5.32 Å². The van der Waals surface area contributed by atoms with E-state index in [0.717, 1.165) is 16.1 Å². The first-order valence-electron chi connectivity index (χ1n) is 9.39. The van der Waals surface area contributed by atoms with E-state index >= 15 is 0 Å². The molecule has 138 valence electrons. The van der Waals surface area contributed by atoms with E-state index in [-0.39, 0.29) is 25.0 Å². The van der Waals surface area contributed by atoms with Crippen molar-refractivity contribution in [2.75, 3.05) is 26.2 Å². The minimum Gasteiger partial charge on any atom is -0.352 e. The average Bonchev–Trinajstić information content (AvgIpc) is 2.54. The standard InChI is InChI=1S/C17H26N4O3S/c18-2-5-20-3-1-4-21(25(20,23)24)11-16(22)19-17-14-7-12-6-13(9-14)10-15(17)8-12/h12-15,17H,1,3-11H2,(H,19,22). The third kappa shape index (κ3) is 3.18. The maximum Gasteiger partial charge on any atom is 0.283 e.